The zero-order chi connectivity index (χ0) is 33.8. The van der Waals surface area contributed by atoms with E-state index in [-0.39, 0.29) is 5.41 Å². The van der Waals surface area contributed by atoms with Gasteiger partial charge in [-0.1, -0.05) is 166 Å². The minimum Gasteiger partial charge on any atom is -0.248 e. The number of nitrogens with zero attached hydrogens (tertiary/aromatic N) is 1. The van der Waals surface area contributed by atoms with Crippen molar-refractivity contribution < 1.29 is 0 Å². The molecule has 1 aromatic heterocycles. The Morgan fingerprint density at radius 2 is 0.816 bits per heavy atom. The van der Waals surface area contributed by atoms with Crippen LogP contribution in [0.3, 0.4) is 0 Å². The van der Waals surface area contributed by atoms with E-state index in [0.29, 0.717) is 0 Å². The quantitative estimate of drug-likeness (QED) is 0.164. The topological polar surface area (TPSA) is 12.9 Å². The molecule has 49 heavy (non-hydrogen) atoms. The van der Waals surface area contributed by atoms with Gasteiger partial charge in [-0.15, -0.1) is 0 Å². The molecule has 1 nitrogen and oxygen atoms in total. The van der Waals surface area contributed by atoms with Crippen LogP contribution in [-0.4, -0.2) is 13.1 Å². The molecule has 1 aliphatic carbocycles. The highest BCUT2D eigenvalue weighted by Crippen LogP contribution is 2.49. The molecule has 8 rings (SSSR count). The number of aromatic nitrogens is 1. The lowest BCUT2D eigenvalue weighted by Crippen LogP contribution is -2.38. The van der Waals surface area contributed by atoms with Gasteiger partial charge in [0.2, 0.25) is 0 Å². The Morgan fingerprint density at radius 3 is 1.33 bits per heavy atom. The van der Waals surface area contributed by atoms with Gasteiger partial charge in [-0.2, -0.15) is 0 Å². The van der Waals surface area contributed by atoms with Crippen LogP contribution < -0.4 is 5.19 Å². The van der Waals surface area contributed by atoms with Crippen molar-refractivity contribution in [1.29, 1.82) is 0 Å². The van der Waals surface area contributed by atoms with Crippen LogP contribution in [-0.2, 0) is 5.41 Å². The molecule has 0 aliphatic heterocycles. The molecule has 0 radical (unpaired) electrons. The second-order valence-electron chi connectivity index (χ2n) is 14.9. The number of hydrogen-bond donors (Lipinski definition) is 0. The molecule has 0 spiro atoms. The highest BCUT2D eigenvalue weighted by Gasteiger charge is 2.36. The normalized spacial score (nSPS) is 13.2. The molecule has 0 saturated carbocycles. The van der Waals surface area contributed by atoms with Gasteiger partial charge < -0.3 is 0 Å². The summed E-state index contributed by atoms with van der Waals surface area (Å²) in [6.45, 7) is 12.1. The smallest absolute Gasteiger partial charge is 0.0776 e. The minimum absolute atomic E-state index is 0.0377. The molecule has 1 aliphatic rings. The second-order valence-corrected chi connectivity index (χ2v) is 20.0. The molecule has 238 valence electrons. The number of rotatable bonds is 6. The van der Waals surface area contributed by atoms with Crippen LogP contribution in [0.5, 0.6) is 0 Å². The van der Waals surface area contributed by atoms with E-state index in [2.05, 4.69) is 191 Å². The van der Waals surface area contributed by atoms with Gasteiger partial charge in [0.15, 0.2) is 0 Å². The van der Waals surface area contributed by atoms with Crippen molar-refractivity contribution in [3.63, 3.8) is 0 Å². The molecule has 0 saturated heterocycles. The van der Waals surface area contributed by atoms with E-state index < -0.39 is 8.07 Å². The fraction of sp³-hybridized carbons (Fsp3) is 0.128. The Kier molecular flexibility index (Phi) is 7.58. The lowest BCUT2D eigenvalue weighted by atomic mass is 9.81. The van der Waals surface area contributed by atoms with Crippen LogP contribution in [0.1, 0.15) is 25.0 Å². The molecule has 1 heterocycles. The number of hydrogen-bond acceptors (Lipinski definition) is 1. The third-order valence-corrected chi connectivity index (χ3v) is 12.3. The van der Waals surface area contributed by atoms with E-state index in [0.717, 1.165) is 28.1 Å². The average Bonchev–Trinajstić information content (AvgIpc) is 3.37. The molecule has 0 N–H and O–H groups in total. The van der Waals surface area contributed by atoms with E-state index in [1.807, 2.05) is 0 Å². The van der Waals surface area contributed by atoms with Gasteiger partial charge in [-0.25, -0.2) is 4.98 Å². The molecule has 6 aromatic carbocycles. The molecule has 0 fully saturated rings. The summed E-state index contributed by atoms with van der Waals surface area (Å²) in [7, 11) is -1.41. The van der Waals surface area contributed by atoms with Crippen LogP contribution in [0.25, 0.3) is 67.0 Å². The summed E-state index contributed by atoms with van der Waals surface area (Å²) in [4.78, 5) is 5.09. The summed E-state index contributed by atoms with van der Waals surface area (Å²) in [5, 5.41) is 1.53. The summed E-state index contributed by atoms with van der Waals surface area (Å²) < 4.78 is 0. The third-order valence-electron chi connectivity index (χ3n) is 10.2. The Hall–Kier alpha value is -5.31. The van der Waals surface area contributed by atoms with Gasteiger partial charge in [-0.05, 0) is 86.0 Å². The first-order chi connectivity index (χ1) is 23.6. The zero-order valence-electron chi connectivity index (χ0n) is 29.0. The fourth-order valence-electron chi connectivity index (χ4n) is 7.35. The van der Waals surface area contributed by atoms with Crippen molar-refractivity contribution in [2.45, 2.75) is 38.9 Å². The molecule has 7 aromatic rings. The van der Waals surface area contributed by atoms with Crippen molar-refractivity contribution in [1.82, 2.24) is 4.98 Å². The van der Waals surface area contributed by atoms with Crippen LogP contribution >= 0.6 is 0 Å². The highest BCUT2D eigenvalue weighted by atomic mass is 28.3. The van der Waals surface area contributed by atoms with Crippen molar-refractivity contribution >= 4 is 13.3 Å². The molecule has 0 unspecified atom stereocenters. The first-order valence-corrected chi connectivity index (χ1v) is 20.8. The van der Waals surface area contributed by atoms with Crippen LogP contribution in [0.4, 0.5) is 0 Å². The largest absolute Gasteiger partial charge is 0.248 e. The monoisotopic (exact) mass is 647 g/mol. The predicted molar refractivity (Wildman–Crippen MR) is 212 cm³/mol. The van der Waals surface area contributed by atoms with Gasteiger partial charge in [0, 0.05) is 16.5 Å². The number of pyridine rings is 1. The molecular weight excluding hydrogens is 607 g/mol. The average molecular weight is 648 g/mol. The van der Waals surface area contributed by atoms with E-state index >= 15 is 0 Å². The van der Waals surface area contributed by atoms with E-state index in [4.69, 9.17) is 4.98 Å². The van der Waals surface area contributed by atoms with Gasteiger partial charge in [0.25, 0.3) is 0 Å². The summed E-state index contributed by atoms with van der Waals surface area (Å²) in [5.74, 6) is 0. The molecule has 2 heteroatoms. The van der Waals surface area contributed by atoms with Crippen LogP contribution in [0.15, 0.2) is 158 Å². The second kappa shape index (κ2) is 12.0. The fourth-order valence-corrected chi connectivity index (χ4v) is 8.51. The first-order valence-electron chi connectivity index (χ1n) is 17.3. The Morgan fingerprint density at radius 1 is 0.388 bits per heavy atom. The number of benzene rings is 6. The van der Waals surface area contributed by atoms with Crippen molar-refractivity contribution in [2.24, 2.45) is 0 Å². The van der Waals surface area contributed by atoms with Gasteiger partial charge in [-0.3, -0.25) is 0 Å². The maximum atomic E-state index is 5.09. The minimum atomic E-state index is -1.41. The summed E-state index contributed by atoms with van der Waals surface area (Å²) >= 11 is 0. The van der Waals surface area contributed by atoms with Crippen molar-refractivity contribution in [3.05, 3.63) is 169 Å². The summed E-state index contributed by atoms with van der Waals surface area (Å²) in [5.41, 5.74) is 17.0. The van der Waals surface area contributed by atoms with Crippen molar-refractivity contribution in [3.8, 4) is 67.0 Å². The lowest BCUT2D eigenvalue weighted by molar-refractivity contribution is 0.661. The first kappa shape index (κ1) is 31.0. The molecule has 0 amide bonds. The predicted octanol–water partition coefficient (Wildman–Crippen LogP) is 12.3. The third kappa shape index (κ3) is 5.77. The Balaban J connectivity index is 1.16. The molecule has 0 bridgehead atoms. The van der Waals surface area contributed by atoms with Crippen LogP contribution in [0.2, 0.25) is 19.6 Å². The highest BCUT2D eigenvalue weighted by molar-refractivity contribution is 6.88. The van der Waals surface area contributed by atoms with Gasteiger partial charge >= 0.3 is 0 Å². The zero-order valence-corrected chi connectivity index (χ0v) is 30.0. The Bertz CT molecular complexity index is 2270. The Labute approximate surface area is 292 Å². The van der Waals surface area contributed by atoms with Crippen molar-refractivity contribution in [2.75, 3.05) is 0 Å². The summed E-state index contributed by atoms with van der Waals surface area (Å²) in [6, 6.07) is 57.6. The van der Waals surface area contributed by atoms with Crippen LogP contribution in [0, 0.1) is 0 Å². The molecule has 0 atom stereocenters. The standard InChI is InChI=1S/C47H41NSi/c1-47(2)43-28-38(22-24-41(43)42-25-23-40(31-44(42)47)49(3,4)5)36-20-12-18-34(26-36)35-19-13-21-37(27-35)39-29-45(32-14-8-6-9-15-32)48-46(30-39)33-16-10-7-11-17-33/h6-31H,1-5H3. The van der Waals surface area contributed by atoms with E-state index in [1.165, 1.54) is 55.3 Å². The SMILES string of the molecule is CC1(C)c2cc(-c3cccc(-c4cccc(-c5cc(-c6ccccc6)nc(-c6ccccc6)c5)c4)c3)ccc2-c2ccc([Si](C)(C)C)cc21. The molecular formula is C47H41NSi. The van der Waals surface area contributed by atoms with Gasteiger partial charge in [0.05, 0.1) is 19.5 Å². The number of fused-ring (bicyclic) bond motifs is 3. The van der Waals surface area contributed by atoms with Gasteiger partial charge in [0.1, 0.15) is 0 Å². The maximum Gasteiger partial charge on any atom is 0.0776 e. The summed E-state index contributed by atoms with van der Waals surface area (Å²) in [6.07, 6.45) is 0. The lowest BCUT2D eigenvalue weighted by Gasteiger charge is -2.24. The van der Waals surface area contributed by atoms with E-state index in [1.54, 1.807) is 0 Å². The van der Waals surface area contributed by atoms with E-state index in [9.17, 15) is 0 Å². The maximum absolute atomic E-state index is 5.09.